The molecule has 2 N–H and O–H groups in total. The van der Waals surface area contributed by atoms with E-state index in [1.807, 2.05) is 0 Å². The van der Waals surface area contributed by atoms with E-state index in [1.54, 1.807) is 32.2 Å². The fourth-order valence-electron chi connectivity index (χ4n) is 2.42. The molecule has 0 aliphatic heterocycles. The summed E-state index contributed by atoms with van der Waals surface area (Å²) in [5, 5.41) is 13.2. The van der Waals surface area contributed by atoms with E-state index < -0.39 is 5.60 Å². The Morgan fingerprint density at radius 1 is 1.12 bits per heavy atom. The molecule has 1 unspecified atom stereocenters. The van der Waals surface area contributed by atoms with Crippen molar-refractivity contribution in [1.29, 1.82) is 0 Å². The van der Waals surface area contributed by atoms with Crippen LogP contribution in [0.3, 0.4) is 0 Å². The fraction of sp³-hybridized carbons (Fsp3) is 0.316. The molecule has 0 heterocycles. The Kier molecular flexibility index (Phi) is 5.98. The van der Waals surface area contributed by atoms with Crippen LogP contribution in [0.25, 0.3) is 0 Å². The van der Waals surface area contributed by atoms with Crippen LogP contribution < -0.4 is 14.8 Å². The molecule has 0 aliphatic carbocycles. The summed E-state index contributed by atoms with van der Waals surface area (Å²) in [4.78, 5) is 12.1. The number of benzene rings is 2. The van der Waals surface area contributed by atoms with Crippen molar-refractivity contribution >= 4 is 5.91 Å². The molecular formula is C19H22FNO4. The minimum Gasteiger partial charge on any atom is -0.493 e. The van der Waals surface area contributed by atoms with E-state index in [4.69, 9.17) is 9.47 Å². The second kappa shape index (κ2) is 7.98. The fourth-order valence-corrected chi connectivity index (χ4v) is 2.42. The predicted molar refractivity (Wildman–Crippen MR) is 92.2 cm³/mol. The monoisotopic (exact) mass is 347 g/mol. The maximum Gasteiger partial charge on any atom is 0.224 e. The van der Waals surface area contributed by atoms with E-state index in [0.29, 0.717) is 17.1 Å². The molecule has 0 aromatic heterocycles. The zero-order valence-electron chi connectivity index (χ0n) is 14.5. The molecule has 134 valence electrons. The number of nitrogens with one attached hydrogen (secondary N) is 1. The van der Waals surface area contributed by atoms with Gasteiger partial charge in [-0.05, 0) is 42.3 Å². The van der Waals surface area contributed by atoms with Crippen molar-refractivity contribution in [3.05, 3.63) is 59.4 Å². The molecule has 0 bridgehead atoms. The van der Waals surface area contributed by atoms with Gasteiger partial charge >= 0.3 is 0 Å². The van der Waals surface area contributed by atoms with E-state index in [9.17, 15) is 14.3 Å². The van der Waals surface area contributed by atoms with Gasteiger partial charge in [0.2, 0.25) is 5.91 Å². The number of rotatable bonds is 7. The van der Waals surface area contributed by atoms with Crippen molar-refractivity contribution in [3.8, 4) is 11.5 Å². The van der Waals surface area contributed by atoms with E-state index >= 15 is 0 Å². The second-order valence-electron chi connectivity index (χ2n) is 5.92. The lowest BCUT2D eigenvalue weighted by molar-refractivity contribution is -0.121. The van der Waals surface area contributed by atoms with Gasteiger partial charge in [-0.15, -0.1) is 0 Å². The van der Waals surface area contributed by atoms with Crippen molar-refractivity contribution in [1.82, 2.24) is 5.32 Å². The van der Waals surface area contributed by atoms with Crippen LogP contribution >= 0.6 is 0 Å². The first-order valence-corrected chi connectivity index (χ1v) is 7.82. The molecule has 0 saturated carbocycles. The largest absolute Gasteiger partial charge is 0.493 e. The van der Waals surface area contributed by atoms with Gasteiger partial charge in [0, 0.05) is 0 Å². The standard InChI is InChI=1S/C19H22FNO4/c1-19(23,14-5-7-15(20)8-6-14)12-21-18(22)11-13-4-9-16(24-2)17(10-13)25-3/h4-10,23H,11-12H2,1-3H3,(H,21,22). The lowest BCUT2D eigenvalue weighted by Crippen LogP contribution is -2.39. The van der Waals surface area contributed by atoms with Gasteiger partial charge < -0.3 is 19.9 Å². The van der Waals surface area contributed by atoms with Crippen molar-refractivity contribution in [2.45, 2.75) is 18.9 Å². The lowest BCUT2D eigenvalue weighted by atomic mass is 9.96. The van der Waals surface area contributed by atoms with Crippen molar-refractivity contribution in [2.75, 3.05) is 20.8 Å². The van der Waals surface area contributed by atoms with Crippen molar-refractivity contribution in [3.63, 3.8) is 0 Å². The second-order valence-corrected chi connectivity index (χ2v) is 5.92. The number of hydrogen-bond acceptors (Lipinski definition) is 4. The van der Waals surface area contributed by atoms with Gasteiger partial charge in [-0.25, -0.2) is 4.39 Å². The number of ether oxygens (including phenoxy) is 2. The van der Waals surface area contributed by atoms with Crippen LogP contribution in [0.5, 0.6) is 11.5 Å². The Labute approximate surface area is 146 Å². The quantitative estimate of drug-likeness (QED) is 0.807. The zero-order valence-corrected chi connectivity index (χ0v) is 14.5. The smallest absolute Gasteiger partial charge is 0.224 e. The molecule has 0 spiro atoms. The Hall–Kier alpha value is -2.60. The summed E-state index contributed by atoms with van der Waals surface area (Å²) in [6.45, 7) is 1.59. The molecule has 2 aromatic carbocycles. The first kappa shape index (κ1) is 18.7. The summed E-state index contributed by atoms with van der Waals surface area (Å²) in [6, 6.07) is 10.8. The highest BCUT2D eigenvalue weighted by atomic mass is 19.1. The molecule has 0 aliphatic rings. The van der Waals surface area contributed by atoms with Gasteiger partial charge in [-0.3, -0.25) is 4.79 Å². The highest BCUT2D eigenvalue weighted by molar-refractivity contribution is 5.78. The van der Waals surface area contributed by atoms with Crippen LogP contribution in [0, 0.1) is 5.82 Å². The number of carbonyl (C=O) groups is 1. The van der Waals surface area contributed by atoms with Gasteiger partial charge in [0.05, 0.1) is 27.2 Å². The Balaban J connectivity index is 1.97. The third-order valence-corrected chi connectivity index (χ3v) is 3.91. The Bertz CT molecular complexity index is 729. The third-order valence-electron chi connectivity index (χ3n) is 3.91. The van der Waals surface area contributed by atoms with E-state index in [2.05, 4.69) is 5.32 Å². The van der Waals surface area contributed by atoms with Gasteiger partial charge in [0.1, 0.15) is 11.4 Å². The number of halogens is 1. The van der Waals surface area contributed by atoms with Crippen molar-refractivity contribution < 1.29 is 23.8 Å². The number of hydrogen-bond donors (Lipinski definition) is 2. The summed E-state index contributed by atoms with van der Waals surface area (Å²) in [6.07, 6.45) is 0.139. The maximum absolute atomic E-state index is 13.0. The zero-order chi connectivity index (χ0) is 18.4. The van der Waals surface area contributed by atoms with Crippen LogP contribution in [0.2, 0.25) is 0 Å². The maximum atomic E-state index is 13.0. The molecule has 5 nitrogen and oxygen atoms in total. The average molecular weight is 347 g/mol. The summed E-state index contributed by atoms with van der Waals surface area (Å²) in [5.74, 6) is 0.517. The van der Waals surface area contributed by atoms with E-state index in [1.165, 1.54) is 31.4 Å². The van der Waals surface area contributed by atoms with Gasteiger partial charge in [-0.2, -0.15) is 0 Å². The summed E-state index contributed by atoms with van der Waals surface area (Å²) in [7, 11) is 3.07. The third kappa shape index (κ3) is 4.93. The van der Waals surface area contributed by atoms with Gasteiger partial charge in [0.15, 0.2) is 11.5 Å². The normalized spacial score (nSPS) is 13.0. The topological polar surface area (TPSA) is 67.8 Å². The van der Waals surface area contributed by atoms with Gasteiger partial charge in [0.25, 0.3) is 0 Å². The molecule has 2 rings (SSSR count). The molecule has 0 fully saturated rings. The highest BCUT2D eigenvalue weighted by Gasteiger charge is 2.23. The van der Waals surface area contributed by atoms with Crippen LogP contribution in [-0.2, 0) is 16.8 Å². The molecule has 2 aromatic rings. The molecule has 1 atom stereocenters. The molecule has 6 heteroatoms. The minimum absolute atomic E-state index is 0.0186. The first-order valence-electron chi connectivity index (χ1n) is 7.82. The lowest BCUT2D eigenvalue weighted by Gasteiger charge is -2.24. The Morgan fingerprint density at radius 2 is 1.76 bits per heavy atom. The molecule has 1 amide bonds. The highest BCUT2D eigenvalue weighted by Crippen LogP contribution is 2.27. The number of amides is 1. The van der Waals surface area contributed by atoms with E-state index in [0.717, 1.165) is 5.56 Å². The molecular weight excluding hydrogens is 325 g/mol. The van der Waals surface area contributed by atoms with Crippen LogP contribution in [0.15, 0.2) is 42.5 Å². The summed E-state index contributed by atoms with van der Waals surface area (Å²) >= 11 is 0. The summed E-state index contributed by atoms with van der Waals surface area (Å²) in [5.41, 5.74) is -0.00193. The SMILES string of the molecule is COc1ccc(CC(=O)NCC(C)(O)c2ccc(F)cc2)cc1OC. The first-order chi connectivity index (χ1) is 11.9. The number of carbonyl (C=O) groups excluding carboxylic acids is 1. The van der Waals surface area contributed by atoms with Crippen molar-refractivity contribution in [2.24, 2.45) is 0 Å². The molecule has 0 saturated heterocycles. The van der Waals surface area contributed by atoms with Crippen LogP contribution in [0.4, 0.5) is 4.39 Å². The Morgan fingerprint density at radius 3 is 2.36 bits per heavy atom. The average Bonchev–Trinajstić information content (AvgIpc) is 2.60. The molecule has 25 heavy (non-hydrogen) atoms. The van der Waals surface area contributed by atoms with E-state index in [-0.39, 0.29) is 24.7 Å². The van der Waals surface area contributed by atoms with Gasteiger partial charge in [-0.1, -0.05) is 18.2 Å². The number of aliphatic hydroxyl groups is 1. The number of methoxy groups -OCH3 is 2. The van der Waals surface area contributed by atoms with Crippen LogP contribution in [-0.4, -0.2) is 31.8 Å². The minimum atomic E-state index is -1.29. The summed E-state index contributed by atoms with van der Waals surface area (Å²) < 4.78 is 23.3. The molecule has 0 radical (unpaired) electrons. The van der Waals surface area contributed by atoms with Crippen LogP contribution in [0.1, 0.15) is 18.1 Å². The predicted octanol–water partition coefficient (Wildman–Crippen LogP) is 2.41.